The molecule has 71 heavy (non-hydrogen) atoms. The Kier molecular flexibility index (Phi) is 71.1. The van der Waals surface area contributed by atoms with Crippen LogP contribution in [0.4, 0.5) is 0 Å². The van der Waals surface area contributed by atoms with E-state index in [-0.39, 0.29) is 34.4 Å². The fraction of sp³-hybridized carbons (Fsp3) is 1.00. The fourth-order valence-electron chi connectivity index (χ4n) is 9.22. The topological polar surface area (TPSA) is 133 Å². The van der Waals surface area contributed by atoms with Crippen LogP contribution < -0.4 is 0 Å². The molecule has 0 fully saturated rings. The van der Waals surface area contributed by atoms with Crippen molar-refractivity contribution in [2.75, 3.05) is 13.2 Å². The molecule has 0 bridgehead atoms. The van der Waals surface area contributed by atoms with Crippen LogP contribution in [0.1, 0.15) is 362 Å². The predicted molar refractivity (Wildman–Crippen MR) is 309 cm³/mol. The van der Waals surface area contributed by atoms with Crippen LogP contribution in [0.25, 0.3) is 0 Å². The normalized spacial score (nSPS) is 11.6. The standard InChI is InChI=1S/2C18H38O4S.2C12H25.Sn/c2*1-2-3-4-5-6-7-8-9-10-11-12-13-14-15-16-17-18-22-23(19,20)21;2*1-3-5-7-9-11-12-10-8-6-4-2;/h2*2-18H2,1H3,(H,19,20,21);2*1,3-12H2,2H3;/q;;;;+2/p-2. The van der Waals surface area contributed by atoms with E-state index in [0.29, 0.717) is 12.8 Å². The van der Waals surface area contributed by atoms with Gasteiger partial charge in [0.2, 0.25) is 20.8 Å². The molecule has 0 aliphatic carbocycles. The van der Waals surface area contributed by atoms with Crippen LogP contribution in [0.2, 0.25) is 8.87 Å². The van der Waals surface area contributed by atoms with Gasteiger partial charge in [0.1, 0.15) is 0 Å². The zero-order valence-corrected chi connectivity index (χ0v) is 52.7. The third-order valence-corrected chi connectivity index (χ3v) is 18.8. The molecule has 0 rings (SSSR count). The maximum absolute atomic E-state index is 10.2. The van der Waals surface area contributed by atoms with Gasteiger partial charge < -0.3 is 9.11 Å². The summed E-state index contributed by atoms with van der Waals surface area (Å²) in [5.74, 6) is 0. The second-order valence-electron chi connectivity index (χ2n) is 21.2. The van der Waals surface area contributed by atoms with Crippen molar-refractivity contribution in [1.29, 1.82) is 0 Å². The van der Waals surface area contributed by atoms with Crippen LogP contribution in [0.5, 0.6) is 0 Å². The van der Waals surface area contributed by atoms with Gasteiger partial charge in [0.15, 0.2) is 0 Å². The van der Waals surface area contributed by atoms with Crippen molar-refractivity contribution >= 4 is 41.9 Å². The van der Waals surface area contributed by atoms with Crippen LogP contribution >= 0.6 is 0 Å². The van der Waals surface area contributed by atoms with Gasteiger partial charge in [-0.05, 0) is 12.8 Å². The number of rotatable bonds is 58. The Balaban J connectivity index is -0.000000978. The molecule has 0 heterocycles. The number of hydrogen-bond donors (Lipinski definition) is 0. The van der Waals surface area contributed by atoms with E-state index < -0.39 is 20.8 Å². The monoisotopic (exact) mass is 1160 g/mol. The number of hydrogen-bond acceptors (Lipinski definition) is 8. The van der Waals surface area contributed by atoms with Crippen LogP contribution in [0.15, 0.2) is 0 Å². The molecule has 0 radical (unpaired) electrons. The van der Waals surface area contributed by atoms with Crippen LogP contribution in [-0.2, 0) is 29.2 Å². The van der Waals surface area contributed by atoms with Gasteiger partial charge in [-0.2, -0.15) is 0 Å². The van der Waals surface area contributed by atoms with Crippen molar-refractivity contribution in [3.05, 3.63) is 0 Å². The molecule has 0 amide bonds. The second-order valence-corrected chi connectivity index (χ2v) is 27.6. The molecule has 428 valence electrons. The van der Waals surface area contributed by atoms with Gasteiger partial charge >= 0.3 is 172 Å². The summed E-state index contributed by atoms with van der Waals surface area (Å²) in [5, 5.41) is 0. The Bertz CT molecular complexity index is 1070. The van der Waals surface area contributed by atoms with Crippen LogP contribution in [-0.4, -0.2) is 60.3 Å². The summed E-state index contributed by atoms with van der Waals surface area (Å²) < 4.78 is 72.9. The SMILES string of the molecule is CCCCCCCCCCCCCCCCCCOS(=O)(=O)[O-].CCCCCCCCCCCCCCCCCCOS(=O)(=O)[O-].CCCCCCCCCCC[CH2][Sn+2][CH2]CCCCCCCCCCC. The minimum atomic E-state index is -4.49. The van der Waals surface area contributed by atoms with E-state index in [2.05, 4.69) is 36.1 Å². The first-order valence-corrected chi connectivity index (χ1v) is 38.1. The van der Waals surface area contributed by atoms with E-state index in [1.54, 1.807) is 21.7 Å². The first kappa shape index (κ1) is 75.8. The Morgan fingerprint density at radius 3 is 0.535 bits per heavy atom. The van der Waals surface area contributed by atoms with Gasteiger partial charge in [0, 0.05) is 0 Å². The summed E-state index contributed by atoms with van der Waals surface area (Å²) >= 11 is 0.0377. The first-order valence-electron chi connectivity index (χ1n) is 31.4. The van der Waals surface area contributed by atoms with Crippen molar-refractivity contribution in [3.8, 4) is 0 Å². The fourth-order valence-corrected chi connectivity index (χ4v) is 13.4. The van der Waals surface area contributed by atoms with E-state index in [1.165, 1.54) is 283 Å². The quantitative estimate of drug-likeness (QED) is 0.0254. The molecule has 0 unspecified atom stereocenters. The van der Waals surface area contributed by atoms with E-state index in [0.717, 1.165) is 25.7 Å². The van der Waals surface area contributed by atoms with Gasteiger partial charge in [0.05, 0.1) is 13.2 Å². The average Bonchev–Trinajstić information content (AvgIpc) is 3.33. The maximum atomic E-state index is 10.2. The second kappa shape index (κ2) is 66.6. The summed E-state index contributed by atoms with van der Waals surface area (Å²) in [4.78, 5) is 0. The zero-order chi connectivity index (χ0) is 52.7. The molecular weight excluding hydrogens is 1030 g/mol. The predicted octanol–water partition coefficient (Wildman–Crippen LogP) is 20.8. The number of unbranched alkanes of at least 4 members (excludes halogenated alkanes) is 48. The van der Waals surface area contributed by atoms with Crippen molar-refractivity contribution in [2.45, 2.75) is 370 Å². The van der Waals surface area contributed by atoms with Gasteiger partial charge in [0.25, 0.3) is 0 Å². The molecule has 11 heteroatoms. The van der Waals surface area contributed by atoms with Gasteiger partial charge in [-0.25, -0.2) is 16.8 Å². The summed E-state index contributed by atoms with van der Waals surface area (Å²) in [6, 6.07) is 0. The third kappa shape index (κ3) is 84.7. The molecule has 0 atom stereocenters. The van der Waals surface area contributed by atoms with E-state index in [9.17, 15) is 25.9 Å². The molecule has 0 spiro atoms. The molecule has 0 saturated heterocycles. The molecule has 8 nitrogen and oxygen atoms in total. The van der Waals surface area contributed by atoms with Crippen molar-refractivity contribution in [1.82, 2.24) is 0 Å². The van der Waals surface area contributed by atoms with Gasteiger partial charge in [-0.15, -0.1) is 0 Å². The molecular formula is C60H124O8S2Sn. The van der Waals surface area contributed by atoms with E-state index >= 15 is 0 Å². The summed E-state index contributed by atoms with van der Waals surface area (Å²) in [6.45, 7) is 9.20. The average molecular weight is 1160 g/mol. The summed E-state index contributed by atoms with van der Waals surface area (Å²) in [6.07, 6.45) is 70.5. The molecule has 0 aliphatic heterocycles. The van der Waals surface area contributed by atoms with Gasteiger partial charge in [-0.3, -0.25) is 8.37 Å². The molecule has 0 aliphatic rings. The Hall–Kier alpha value is 0.539. The van der Waals surface area contributed by atoms with Crippen LogP contribution in [0.3, 0.4) is 0 Å². The van der Waals surface area contributed by atoms with Crippen molar-refractivity contribution < 1.29 is 34.3 Å². The third-order valence-electron chi connectivity index (χ3n) is 13.9. The zero-order valence-electron chi connectivity index (χ0n) is 48.2. The molecule has 0 aromatic heterocycles. The minimum absolute atomic E-state index is 0.0320. The van der Waals surface area contributed by atoms with E-state index in [1.807, 2.05) is 0 Å². The molecule has 0 saturated carbocycles. The summed E-state index contributed by atoms with van der Waals surface area (Å²) in [7, 11) is -8.99. The molecule has 0 aromatic rings. The van der Waals surface area contributed by atoms with E-state index in [4.69, 9.17) is 0 Å². The first-order chi connectivity index (χ1) is 34.5. The summed E-state index contributed by atoms with van der Waals surface area (Å²) in [5.41, 5.74) is 0. The Labute approximate surface area is 457 Å². The Morgan fingerprint density at radius 2 is 0.380 bits per heavy atom. The van der Waals surface area contributed by atoms with Crippen molar-refractivity contribution in [2.24, 2.45) is 0 Å². The molecule has 0 N–H and O–H groups in total. The molecule has 0 aromatic carbocycles. The van der Waals surface area contributed by atoms with Crippen LogP contribution in [0, 0.1) is 0 Å². The Morgan fingerprint density at radius 1 is 0.239 bits per heavy atom. The van der Waals surface area contributed by atoms with Gasteiger partial charge in [-0.1, -0.05) is 206 Å². The van der Waals surface area contributed by atoms with Crippen molar-refractivity contribution in [3.63, 3.8) is 0 Å².